The molecule has 1 unspecified atom stereocenters. The zero-order chi connectivity index (χ0) is 13.7. The molecule has 2 aromatic rings. The number of nitrogens with one attached hydrogen (secondary N) is 1. The number of hydrogen-bond donors (Lipinski definition) is 1. The normalized spacial score (nSPS) is 12.5. The molecular formula is C17H21NO. The quantitative estimate of drug-likeness (QED) is 0.792. The van der Waals surface area contributed by atoms with Crippen molar-refractivity contribution in [3.63, 3.8) is 0 Å². The Morgan fingerprint density at radius 3 is 2.89 bits per heavy atom. The fourth-order valence-corrected chi connectivity index (χ4v) is 2.20. The van der Waals surface area contributed by atoms with Crippen LogP contribution in [0.1, 0.15) is 38.0 Å². The molecule has 0 bridgehead atoms. The van der Waals surface area contributed by atoms with Gasteiger partial charge in [0.05, 0.1) is 6.04 Å². The van der Waals surface area contributed by atoms with E-state index in [2.05, 4.69) is 30.3 Å². The number of terminal acetylenes is 1. The minimum Gasteiger partial charge on any atom is -0.461 e. The average Bonchev–Trinajstić information content (AvgIpc) is 2.80. The van der Waals surface area contributed by atoms with Crippen molar-refractivity contribution in [2.75, 3.05) is 0 Å². The smallest absolute Gasteiger partial charge is 0.134 e. The maximum Gasteiger partial charge on any atom is 0.134 e. The van der Waals surface area contributed by atoms with E-state index in [1.165, 1.54) is 17.4 Å². The number of furan rings is 1. The van der Waals surface area contributed by atoms with Gasteiger partial charge in [0.1, 0.15) is 11.3 Å². The van der Waals surface area contributed by atoms with Crippen LogP contribution in [0.4, 0.5) is 0 Å². The van der Waals surface area contributed by atoms with Gasteiger partial charge < -0.3 is 4.42 Å². The van der Waals surface area contributed by atoms with Crippen molar-refractivity contribution in [2.45, 2.75) is 45.7 Å². The molecule has 0 fully saturated rings. The average molecular weight is 255 g/mol. The van der Waals surface area contributed by atoms with Gasteiger partial charge in [-0.1, -0.05) is 37.5 Å². The molecule has 0 saturated heterocycles. The van der Waals surface area contributed by atoms with Crippen LogP contribution in [-0.2, 0) is 13.0 Å². The first kappa shape index (κ1) is 13.7. The van der Waals surface area contributed by atoms with Gasteiger partial charge in [0.2, 0.25) is 0 Å². The van der Waals surface area contributed by atoms with Crippen LogP contribution in [0, 0.1) is 12.3 Å². The van der Waals surface area contributed by atoms with E-state index in [0.717, 1.165) is 30.7 Å². The van der Waals surface area contributed by atoms with E-state index in [1.54, 1.807) is 0 Å². The van der Waals surface area contributed by atoms with Crippen molar-refractivity contribution in [1.29, 1.82) is 0 Å². The Kier molecular flexibility index (Phi) is 4.65. The molecule has 1 atom stereocenters. The summed E-state index contributed by atoms with van der Waals surface area (Å²) in [6.07, 6.45) is 8.72. The second kappa shape index (κ2) is 6.45. The molecular weight excluding hydrogens is 234 g/mol. The summed E-state index contributed by atoms with van der Waals surface area (Å²) >= 11 is 0. The molecule has 2 heteroatoms. The zero-order valence-corrected chi connectivity index (χ0v) is 11.7. The van der Waals surface area contributed by atoms with Crippen LogP contribution >= 0.6 is 0 Å². The lowest BCUT2D eigenvalue weighted by atomic mass is 10.1. The third-order valence-electron chi connectivity index (χ3n) is 3.37. The van der Waals surface area contributed by atoms with Crippen molar-refractivity contribution in [2.24, 2.45) is 0 Å². The first-order valence-corrected chi connectivity index (χ1v) is 6.95. The van der Waals surface area contributed by atoms with Crippen LogP contribution in [0.2, 0.25) is 0 Å². The minimum absolute atomic E-state index is 0.0766. The van der Waals surface area contributed by atoms with Gasteiger partial charge in [-0.25, -0.2) is 0 Å². The van der Waals surface area contributed by atoms with Crippen molar-refractivity contribution in [3.8, 4) is 12.3 Å². The molecule has 100 valence electrons. The van der Waals surface area contributed by atoms with Crippen molar-refractivity contribution >= 4 is 11.0 Å². The van der Waals surface area contributed by atoms with E-state index in [-0.39, 0.29) is 6.04 Å². The second-order valence-corrected chi connectivity index (χ2v) is 4.87. The van der Waals surface area contributed by atoms with E-state index in [4.69, 9.17) is 10.8 Å². The summed E-state index contributed by atoms with van der Waals surface area (Å²) in [6.45, 7) is 4.95. The molecule has 0 radical (unpaired) electrons. The summed E-state index contributed by atoms with van der Waals surface area (Å²) in [5, 5.41) is 4.55. The number of benzene rings is 1. The summed E-state index contributed by atoms with van der Waals surface area (Å²) in [4.78, 5) is 0. The lowest BCUT2D eigenvalue weighted by molar-refractivity contribution is 0.523. The Labute approximate surface area is 115 Å². The SMILES string of the molecule is C#CC(C)NCc1c(CCCC)oc2ccccc12. The Balaban J connectivity index is 2.29. The number of rotatable bonds is 6. The highest BCUT2D eigenvalue weighted by molar-refractivity contribution is 5.82. The number of para-hydroxylation sites is 1. The lowest BCUT2D eigenvalue weighted by Gasteiger charge is -2.08. The summed E-state index contributed by atoms with van der Waals surface area (Å²) < 4.78 is 5.98. The van der Waals surface area contributed by atoms with Crippen molar-refractivity contribution < 1.29 is 4.42 Å². The number of fused-ring (bicyclic) bond motifs is 1. The standard InChI is InChI=1S/C17H21NO/c1-4-6-10-17-15(12-18-13(3)5-2)14-9-7-8-11-16(14)19-17/h2,7-9,11,13,18H,4,6,10,12H2,1,3H3. The van der Waals surface area contributed by atoms with Gasteiger partial charge in [-0.2, -0.15) is 0 Å². The van der Waals surface area contributed by atoms with E-state index >= 15 is 0 Å². The highest BCUT2D eigenvalue weighted by Crippen LogP contribution is 2.27. The maximum absolute atomic E-state index is 5.98. The molecule has 0 saturated carbocycles. The molecule has 1 aromatic heterocycles. The molecule has 2 rings (SSSR count). The van der Waals surface area contributed by atoms with Crippen LogP contribution in [0.5, 0.6) is 0 Å². The summed E-state index contributed by atoms with van der Waals surface area (Å²) in [5.41, 5.74) is 2.23. The molecule has 1 heterocycles. The summed E-state index contributed by atoms with van der Waals surface area (Å²) in [5.74, 6) is 3.79. The topological polar surface area (TPSA) is 25.2 Å². The first-order chi connectivity index (χ1) is 9.26. The monoisotopic (exact) mass is 255 g/mol. The van der Waals surface area contributed by atoms with Crippen LogP contribution in [0.3, 0.4) is 0 Å². The van der Waals surface area contributed by atoms with Gasteiger partial charge in [-0.05, 0) is 19.4 Å². The van der Waals surface area contributed by atoms with Gasteiger partial charge in [0, 0.05) is 23.9 Å². The second-order valence-electron chi connectivity index (χ2n) is 4.87. The summed E-state index contributed by atoms with van der Waals surface area (Å²) in [7, 11) is 0. The van der Waals surface area contributed by atoms with E-state index in [1.807, 2.05) is 19.1 Å². The van der Waals surface area contributed by atoms with Gasteiger partial charge in [0.15, 0.2) is 0 Å². The third-order valence-corrected chi connectivity index (χ3v) is 3.37. The van der Waals surface area contributed by atoms with Crippen LogP contribution < -0.4 is 5.32 Å². The molecule has 1 N–H and O–H groups in total. The number of hydrogen-bond acceptors (Lipinski definition) is 2. The predicted molar refractivity (Wildman–Crippen MR) is 80.0 cm³/mol. The van der Waals surface area contributed by atoms with Crippen molar-refractivity contribution in [3.05, 3.63) is 35.6 Å². The molecule has 1 aromatic carbocycles. The predicted octanol–water partition coefficient (Wildman–Crippen LogP) is 3.89. The number of aryl methyl sites for hydroxylation is 1. The Hall–Kier alpha value is -1.72. The fourth-order valence-electron chi connectivity index (χ4n) is 2.20. The molecule has 0 aliphatic heterocycles. The highest BCUT2D eigenvalue weighted by Gasteiger charge is 2.13. The molecule has 19 heavy (non-hydrogen) atoms. The molecule has 0 aliphatic carbocycles. The lowest BCUT2D eigenvalue weighted by Crippen LogP contribution is -2.23. The summed E-state index contributed by atoms with van der Waals surface area (Å²) in [6, 6.07) is 8.28. The van der Waals surface area contributed by atoms with Crippen molar-refractivity contribution in [1.82, 2.24) is 5.32 Å². The van der Waals surface area contributed by atoms with E-state index < -0.39 is 0 Å². The van der Waals surface area contributed by atoms with E-state index in [0.29, 0.717) is 0 Å². The molecule has 0 spiro atoms. The van der Waals surface area contributed by atoms with Gasteiger partial charge in [-0.15, -0.1) is 6.42 Å². The minimum atomic E-state index is 0.0766. The van der Waals surface area contributed by atoms with Gasteiger partial charge >= 0.3 is 0 Å². The van der Waals surface area contributed by atoms with Crippen LogP contribution in [0.25, 0.3) is 11.0 Å². The number of unbranched alkanes of at least 4 members (excludes halogenated alkanes) is 1. The maximum atomic E-state index is 5.98. The third kappa shape index (κ3) is 3.19. The highest BCUT2D eigenvalue weighted by atomic mass is 16.3. The molecule has 2 nitrogen and oxygen atoms in total. The molecule has 0 amide bonds. The molecule has 0 aliphatic rings. The largest absolute Gasteiger partial charge is 0.461 e. The zero-order valence-electron chi connectivity index (χ0n) is 11.7. The first-order valence-electron chi connectivity index (χ1n) is 6.95. The van der Waals surface area contributed by atoms with Gasteiger partial charge in [0.25, 0.3) is 0 Å². The Morgan fingerprint density at radius 2 is 2.16 bits per heavy atom. The van der Waals surface area contributed by atoms with Crippen LogP contribution in [-0.4, -0.2) is 6.04 Å². The Morgan fingerprint density at radius 1 is 1.37 bits per heavy atom. The van der Waals surface area contributed by atoms with Crippen LogP contribution in [0.15, 0.2) is 28.7 Å². The van der Waals surface area contributed by atoms with E-state index in [9.17, 15) is 0 Å². The fraction of sp³-hybridized carbons (Fsp3) is 0.412. The van der Waals surface area contributed by atoms with Gasteiger partial charge in [-0.3, -0.25) is 5.32 Å². The Bertz CT molecular complexity index is 576.